The molecule has 0 saturated heterocycles. The first-order chi connectivity index (χ1) is 10.1. The summed E-state index contributed by atoms with van der Waals surface area (Å²) in [7, 11) is 0. The highest BCUT2D eigenvalue weighted by atomic mass is 32.2. The van der Waals surface area contributed by atoms with Crippen molar-refractivity contribution in [3.8, 4) is 0 Å². The van der Waals surface area contributed by atoms with Crippen molar-refractivity contribution >= 4 is 51.6 Å². The summed E-state index contributed by atoms with van der Waals surface area (Å²) in [5, 5.41) is 11.0. The number of nitrogen functional groups attached to an aromatic ring is 1. The number of para-hydroxylation sites is 1. The third-order valence-corrected chi connectivity index (χ3v) is 5.54. The molecule has 0 aliphatic heterocycles. The predicted molar refractivity (Wildman–Crippen MR) is 91.1 cm³/mol. The number of thioether (sulfide) groups is 2. The van der Waals surface area contributed by atoms with Crippen LogP contribution < -0.4 is 11.1 Å². The van der Waals surface area contributed by atoms with Crippen LogP contribution in [0.1, 0.15) is 13.8 Å². The molecule has 0 bridgehead atoms. The van der Waals surface area contributed by atoms with Crippen molar-refractivity contribution in [1.82, 2.24) is 10.2 Å². The standard InChI is InChI=1S/C13H16N4OS3/c1-3-19-13-17-16-12(21-13)15-11(18)8(2)20-10-7-5-4-6-9(10)14/h4-8H,3,14H2,1-2H3,(H,15,16,18)/t8-/m1/s1. The van der Waals surface area contributed by atoms with Gasteiger partial charge in [0.05, 0.1) is 5.25 Å². The molecule has 0 aliphatic rings. The molecule has 1 atom stereocenters. The van der Waals surface area contributed by atoms with Gasteiger partial charge < -0.3 is 5.73 Å². The Morgan fingerprint density at radius 1 is 1.43 bits per heavy atom. The summed E-state index contributed by atoms with van der Waals surface area (Å²) >= 11 is 4.42. The number of benzene rings is 1. The first-order valence-corrected chi connectivity index (χ1v) is 9.06. The molecular weight excluding hydrogens is 324 g/mol. The maximum atomic E-state index is 12.2. The highest BCUT2D eigenvalue weighted by Crippen LogP contribution is 2.30. The Balaban J connectivity index is 1.94. The maximum Gasteiger partial charge on any atom is 0.239 e. The van der Waals surface area contributed by atoms with Crippen LogP contribution in [0.4, 0.5) is 10.8 Å². The summed E-state index contributed by atoms with van der Waals surface area (Å²) in [4.78, 5) is 13.1. The van der Waals surface area contributed by atoms with Gasteiger partial charge in [0.1, 0.15) is 0 Å². The molecule has 1 heterocycles. The highest BCUT2D eigenvalue weighted by Gasteiger charge is 2.17. The van der Waals surface area contributed by atoms with E-state index in [2.05, 4.69) is 15.5 Å². The summed E-state index contributed by atoms with van der Waals surface area (Å²) in [6.07, 6.45) is 0. The van der Waals surface area contributed by atoms with Crippen LogP contribution in [0, 0.1) is 0 Å². The van der Waals surface area contributed by atoms with Gasteiger partial charge in [-0.3, -0.25) is 10.1 Å². The Hall–Kier alpha value is -1.25. The van der Waals surface area contributed by atoms with Gasteiger partial charge >= 0.3 is 0 Å². The van der Waals surface area contributed by atoms with Crippen LogP contribution in [0.5, 0.6) is 0 Å². The summed E-state index contributed by atoms with van der Waals surface area (Å²) < 4.78 is 0.861. The smallest absolute Gasteiger partial charge is 0.239 e. The van der Waals surface area contributed by atoms with Crippen molar-refractivity contribution in [2.24, 2.45) is 0 Å². The van der Waals surface area contributed by atoms with Gasteiger partial charge in [-0.05, 0) is 24.8 Å². The molecule has 1 aromatic heterocycles. The Bertz CT molecular complexity index is 617. The molecule has 0 fully saturated rings. The molecule has 1 aromatic carbocycles. The minimum atomic E-state index is -0.263. The number of nitrogens with two attached hydrogens (primary N) is 1. The number of nitrogens with zero attached hydrogens (tertiary/aromatic N) is 2. The summed E-state index contributed by atoms with van der Waals surface area (Å²) in [6.45, 7) is 3.89. The van der Waals surface area contributed by atoms with Gasteiger partial charge in [0.25, 0.3) is 0 Å². The van der Waals surface area contributed by atoms with E-state index in [-0.39, 0.29) is 11.2 Å². The number of amides is 1. The van der Waals surface area contributed by atoms with Crippen molar-refractivity contribution in [2.75, 3.05) is 16.8 Å². The normalized spacial score (nSPS) is 12.1. The van der Waals surface area contributed by atoms with E-state index in [1.807, 2.05) is 38.1 Å². The zero-order valence-corrected chi connectivity index (χ0v) is 14.1. The summed E-state index contributed by atoms with van der Waals surface area (Å²) in [5.74, 6) is 0.828. The monoisotopic (exact) mass is 340 g/mol. The molecule has 0 aliphatic carbocycles. The molecule has 21 heavy (non-hydrogen) atoms. The van der Waals surface area contributed by atoms with E-state index in [1.165, 1.54) is 23.1 Å². The molecule has 0 radical (unpaired) electrons. The minimum absolute atomic E-state index is 0.104. The van der Waals surface area contributed by atoms with Crippen LogP contribution in [-0.2, 0) is 4.79 Å². The zero-order chi connectivity index (χ0) is 15.2. The zero-order valence-electron chi connectivity index (χ0n) is 11.7. The average molecular weight is 340 g/mol. The molecule has 3 N–H and O–H groups in total. The van der Waals surface area contributed by atoms with Crippen LogP contribution in [0.3, 0.4) is 0 Å². The van der Waals surface area contributed by atoms with Crippen LogP contribution in [-0.4, -0.2) is 27.1 Å². The van der Waals surface area contributed by atoms with Crippen molar-refractivity contribution in [3.63, 3.8) is 0 Å². The van der Waals surface area contributed by atoms with Crippen LogP contribution in [0.2, 0.25) is 0 Å². The van der Waals surface area contributed by atoms with Gasteiger partial charge in [0, 0.05) is 10.6 Å². The second-order valence-electron chi connectivity index (χ2n) is 4.09. The second-order valence-corrected chi connectivity index (χ2v) is 7.96. The Morgan fingerprint density at radius 3 is 2.90 bits per heavy atom. The van der Waals surface area contributed by atoms with Crippen molar-refractivity contribution < 1.29 is 4.79 Å². The Kier molecular flexibility index (Phi) is 5.89. The lowest BCUT2D eigenvalue weighted by molar-refractivity contribution is -0.115. The number of aromatic nitrogens is 2. The molecule has 5 nitrogen and oxygen atoms in total. The fourth-order valence-corrected chi connectivity index (χ4v) is 4.04. The van der Waals surface area contributed by atoms with Gasteiger partial charge in [-0.25, -0.2) is 0 Å². The maximum absolute atomic E-state index is 12.2. The Labute approximate surface area is 136 Å². The molecule has 2 rings (SSSR count). The van der Waals surface area contributed by atoms with Gasteiger partial charge in [-0.1, -0.05) is 42.2 Å². The van der Waals surface area contributed by atoms with E-state index in [9.17, 15) is 4.79 Å². The minimum Gasteiger partial charge on any atom is -0.398 e. The van der Waals surface area contributed by atoms with Gasteiger partial charge in [-0.2, -0.15) is 0 Å². The van der Waals surface area contributed by atoms with Crippen molar-refractivity contribution in [2.45, 2.75) is 28.3 Å². The van der Waals surface area contributed by atoms with Crippen molar-refractivity contribution in [3.05, 3.63) is 24.3 Å². The third-order valence-electron chi connectivity index (χ3n) is 2.50. The van der Waals surface area contributed by atoms with E-state index in [0.29, 0.717) is 10.8 Å². The first kappa shape index (κ1) is 16.1. The van der Waals surface area contributed by atoms with E-state index < -0.39 is 0 Å². The Morgan fingerprint density at radius 2 is 2.19 bits per heavy atom. The van der Waals surface area contributed by atoms with Gasteiger partial charge in [-0.15, -0.1) is 22.0 Å². The summed E-state index contributed by atoms with van der Waals surface area (Å²) in [6, 6.07) is 7.51. The molecular formula is C13H16N4OS3. The van der Waals surface area contributed by atoms with Gasteiger partial charge in [0.15, 0.2) is 4.34 Å². The fourth-order valence-electron chi connectivity index (χ4n) is 1.48. The lowest BCUT2D eigenvalue weighted by atomic mass is 10.3. The molecule has 0 spiro atoms. The number of carbonyl (C=O) groups excluding carboxylic acids is 1. The van der Waals surface area contributed by atoms with Crippen LogP contribution in [0.15, 0.2) is 33.5 Å². The quantitative estimate of drug-likeness (QED) is 0.477. The molecule has 2 aromatic rings. The lowest BCUT2D eigenvalue weighted by Gasteiger charge is -2.11. The third kappa shape index (κ3) is 4.62. The molecule has 112 valence electrons. The SMILES string of the molecule is CCSc1nnc(NC(=O)[C@@H](C)Sc2ccccc2N)s1. The van der Waals surface area contributed by atoms with Crippen LogP contribution in [0.25, 0.3) is 0 Å². The van der Waals surface area contributed by atoms with E-state index in [0.717, 1.165) is 15.0 Å². The molecule has 1 amide bonds. The van der Waals surface area contributed by atoms with Crippen molar-refractivity contribution in [1.29, 1.82) is 0 Å². The molecule has 0 saturated carbocycles. The number of hydrogen-bond acceptors (Lipinski definition) is 7. The highest BCUT2D eigenvalue weighted by molar-refractivity contribution is 8.01. The fraction of sp³-hybridized carbons (Fsp3) is 0.308. The molecule has 0 unspecified atom stereocenters. The number of hydrogen-bond donors (Lipinski definition) is 2. The predicted octanol–water partition coefficient (Wildman–Crippen LogP) is 3.35. The largest absolute Gasteiger partial charge is 0.398 e. The number of carbonyl (C=O) groups is 1. The number of anilines is 2. The van der Waals surface area contributed by atoms with E-state index in [1.54, 1.807) is 11.8 Å². The number of nitrogens with one attached hydrogen (secondary N) is 1. The summed E-state index contributed by atoms with van der Waals surface area (Å²) in [5.41, 5.74) is 6.56. The first-order valence-electron chi connectivity index (χ1n) is 6.38. The van der Waals surface area contributed by atoms with E-state index >= 15 is 0 Å². The second kappa shape index (κ2) is 7.67. The van der Waals surface area contributed by atoms with Gasteiger partial charge in [0.2, 0.25) is 11.0 Å². The lowest BCUT2D eigenvalue weighted by Crippen LogP contribution is -2.22. The molecule has 8 heteroatoms. The number of rotatable bonds is 6. The average Bonchev–Trinajstić information content (AvgIpc) is 2.89. The van der Waals surface area contributed by atoms with E-state index in [4.69, 9.17) is 5.73 Å². The topological polar surface area (TPSA) is 80.9 Å². The van der Waals surface area contributed by atoms with Crippen LogP contribution >= 0.6 is 34.9 Å².